The maximum atomic E-state index is 12.4. The number of ether oxygens (including phenoxy) is 1. The van der Waals surface area contributed by atoms with Crippen LogP contribution in [-0.4, -0.2) is 20.7 Å². The first-order chi connectivity index (χ1) is 11.6. The van der Waals surface area contributed by atoms with Crippen LogP contribution in [0.5, 0.6) is 0 Å². The van der Waals surface area contributed by atoms with Crippen LogP contribution < -0.4 is 0 Å². The number of aromatic nitrogens is 3. The number of carbonyl (C=O) groups excluding carboxylic acids is 1. The zero-order valence-electron chi connectivity index (χ0n) is 13.5. The number of carbonyl (C=O) groups is 1. The molecule has 0 atom stereocenters. The molecule has 0 aliphatic heterocycles. The van der Waals surface area contributed by atoms with Crippen LogP contribution in [0.2, 0.25) is 0 Å². The molecule has 0 bridgehead atoms. The number of rotatable bonds is 5. The summed E-state index contributed by atoms with van der Waals surface area (Å²) >= 11 is 1.53. The Hall–Kier alpha value is -2.41. The molecule has 0 N–H and O–H groups in total. The minimum atomic E-state index is -0.356. The summed E-state index contributed by atoms with van der Waals surface area (Å²) in [6, 6.07) is 6.26. The molecule has 1 saturated carbocycles. The minimum absolute atomic E-state index is 0.0235. The van der Waals surface area contributed by atoms with Crippen LogP contribution in [0, 0.1) is 13.8 Å². The van der Waals surface area contributed by atoms with Gasteiger partial charge in [0.2, 0.25) is 5.82 Å². The molecular weight excluding hydrogens is 326 g/mol. The molecule has 3 aromatic rings. The summed E-state index contributed by atoms with van der Waals surface area (Å²) in [4.78, 5) is 17.5. The van der Waals surface area contributed by atoms with Gasteiger partial charge in [-0.2, -0.15) is 4.98 Å². The van der Waals surface area contributed by atoms with Gasteiger partial charge in [-0.05, 0) is 44.2 Å². The van der Waals surface area contributed by atoms with Gasteiger partial charge in [0.05, 0.1) is 10.4 Å². The average molecular weight is 343 g/mol. The van der Waals surface area contributed by atoms with E-state index in [1.807, 2.05) is 37.4 Å². The molecule has 6 nitrogen and oxygen atoms in total. The molecule has 0 aromatic carbocycles. The highest BCUT2D eigenvalue weighted by Gasteiger charge is 2.28. The molecule has 0 amide bonds. The first-order valence-corrected chi connectivity index (χ1v) is 8.73. The molecular formula is C17H17N3O3S. The summed E-state index contributed by atoms with van der Waals surface area (Å²) in [5.41, 5.74) is 2.67. The van der Waals surface area contributed by atoms with E-state index in [0.717, 1.165) is 16.3 Å². The lowest BCUT2D eigenvalue weighted by atomic mass is 10.2. The topological polar surface area (TPSA) is 70.2 Å². The van der Waals surface area contributed by atoms with Gasteiger partial charge in [0.1, 0.15) is 0 Å². The molecule has 0 spiro atoms. The van der Waals surface area contributed by atoms with Crippen molar-refractivity contribution in [3.63, 3.8) is 0 Å². The van der Waals surface area contributed by atoms with Gasteiger partial charge in [0.25, 0.3) is 5.89 Å². The van der Waals surface area contributed by atoms with Crippen LogP contribution >= 0.6 is 11.3 Å². The van der Waals surface area contributed by atoms with Crippen molar-refractivity contribution in [1.82, 2.24) is 14.7 Å². The van der Waals surface area contributed by atoms with Gasteiger partial charge < -0.3 is 13.8 Å². The van der Waals surface area contributed by atoms with E-state index in [4.69, 9.17) is 9.26 Å². The molecule has 1 fully saturated rings. The second kappa shape index (κ2) is 5.90. The summed E-state index contributed by atoms with van der Waals surface area (Å²) in [5.74, 6) is 0.455. The summed E-state index contributed by atoms with van der Waals surface area (Å²) in [5, 5.41) is 5.85. The van der Waals surface area contributed by atoms with E-state index >= 15 is 0 Å². The Labute approximate surface area is 143 Å². The van der Waals surface area contributed by atoms with Crippen molar-refractivity contribution in [3.8, 4) is 10.7 Å². The Balaban J connectivity index is 1.44. The van der Waals surface area contributed by atoms with Crippen LogP contribution in [-0.2, 0) is 11.3 Å². The fraction of sp³-hybridized carbons (Fsp3) is 0.353. The highest BCUT2D eigenvalue weighted by molar-refractivity contribution is 7.13. The van der Waals surface area contributed by atoms with Crippen molar-refractivity contribution in [2.24, 2.45) is 0 Å². The summed E-state index contributed by atoms with van der Waals surface area (Å²) < 4.78 is 12.7. The number of thiophene rings is 1. The van der Waals surface area contributed by atoms with E-state index < -0.39 is 0 Å². The molecule has 124 valence electrons. The van der Waals surface area contributed by atoms with E-state index in [0.29, 0.717) is 23.3 Å². The Bertz CT molecular complexity index is 875. The second-order valence-corrected chi connectivity index (χ2v) is 6.90. The number of hydrogen-bond acceptors (Lipinski definition) is 6. The van der Waals surface area contributed by atoms with Gasteiger partial charge in [-0.3, -0.25) is 0 Å². The SMILES string of the molecule is Cc1cc(C(=O)OCc2nc(-c3cccs3)no2)c(C)n1C1CC1. The monoisotopic (exact) mass is 343 g/mol. The summed E-state index contributed by atoms with van der Waals surface area (Å²) in [6.07, 6.45) is 2.36. The van der Waals surface area contributed by atoms with Crippen LogP contribution in [0.25, 0.3) is 10.7 Å². The van der Waals surface area contributed by atoms with E-state index in [2.05, 4.69) is 14.7 Å². The molecule has 7 heteroatoms. The van der Waals surface area contributed by atoms with Crippen molar-refractivity contribution >= 4 is 17.3 Å². The molecule has 24 heavy (non-hydrogen) atoms. The quantitative estimate of drug-likeness (QED) is 0.657. The molecule has 0 radical (unpaired) electrons. The smallest absolute Gasteiger partial charge is 0.340 e. The highest BCUT2D eigenvalue weighted by atomic mass is 32.1. The fourth-order valence-electron chi connectivity index (χ4n) is 2.90. The zero-order valence-corrected chi connectivity index (χ0v) is 14.3. The predicted molar refractivity (Wildman–Crippen MR) is 88.9 cm³/mol. The normalized spacial score (nSPS) is 14.1. The lowest BCUT2D eigenvalue weighted by Gasteiger charge is -2.07. The van der Waals surface area contributed by atoms with Crippen LogP contribution in [0.1, 0.15) is 46.5 Å². The van der Waals surface area contributed by atoms with E-state index in [1.165, 1.54) is 24.2 Å². The largest absolute Gasteiger partial charge is 0.452 e. The first-order valence-electron chi connectivity index (χ1n) is 7.85. The van der Waals surface area contributed by atoms with Gasteiger partial charge >= 0.3 is 5.97 Å². The molecule has 0 unspecified atom stereocenters. The number of nitrogens with zero attached hydrogens (tertiary/aromatic N) is 3. The van der Waals surface area contributed by atoms with E-state index in [-0.39, 0.29) is 12.6 Å². The molecule has 1 aliphatic carbocycles. The Morgan fingerprint density at radius 3 is 3.00 bits per heavy atom. The number of esters is 1. The van der Waals surface area contributed by atoms with E-state index in [9.17, 15) is 4.79 Å². The third-order valence-electron chi connectivity index (χ3n) is 4.15. The molecule has 3 aromatic heterocycles. The maximum absolute atomic E-state index is 12.4. The average Bonchev–Trinajstić information content (AvgIpc) is 3.01. The first kappa shape index (κ1) is 15.1. The predicted octanol–water partition coefficient (Wildman–Crippen LogP) is 3.91. The van der Waals surface area contributed by atoms with Crippen LogP contribution in [0.3, 0.4) is 0 Å². The third kappa shape index (κ3) is 2.75. The van der Waals surface area contributed by atoms with Gasteiger partial charge in [0.15, 0.2) is 6.61 Å². The van der Waals surface area contributed by atoms with Gasteiger partial charge in [-0.25, -0.2) is 4.79 Å². The van der Waals surface area contributed by atoms with Crippen LogP contribution in [0.15, 0.2) is 28.1 Å². The minimum Gasteiger partial charge on any atom is -0.452 e. The van der Waals surface area contributed by atoms with Crippen molar-refractivity contribution in [2.45, 2.75) is 39.3 Å². The molecule has 0 saturated heterocycles. The number of hydrogen-bond donors (Lipinski definition) is 0. The van der Waals surface area contributed by atoms with Crippen molar-refractivity contribution in [1.29, 1.82) is 0 Å². The van der Waals surface area contributed by atoms with Crippen molar-refractivity contribution < 1.29 is 14.1 Å². The fourth-order valence-corrected chi connectivity index (χ4v) is 3.55. The second-order valence-electron chi connectivity index (χ2n) is 5.95. The van der Waals surface area contributed by atoms with Gasteiger partial charge in [0, 0.05) is 17.4 Å². The number of aryl methyl sites for hydroxylation is 1. The Kier molecular flexibility index (Phi) is 3.72. The van der Waals surface area contributed by atoms with E-state index in [1.54, 1.807) is 0 Å². The van der Waals surface area contributed by atoms with Gasteiger partial charge in [-0.15, -0.1) is 11.3 Å². The van der Waals surface area contributed by atoms with Crippen molar-refractivity contribution in [2.75, 3.05) is 0 Å². The standard InChI is InChI=1S/C17H17N3O3S/c1-10-8-13(11(2)20(10)12-5-6-12)17(21)22-9-15-18-16(19-23-15)14-4-3-7-24-14/h3-4,7-8,12H,5-6,9H2,1-2H3. The van der Waals surface area contributed by atoms with Gasteiger partial charge in [-0.1, -0.05) is 11.2 Å². The highest BCUT2D eigenvalue weighted by Crippen LogP contribution is 2.38. The Morgan fingerprint density at radius 1 is 1.46 bits per heavy atom. The lowest BCUT2D eigenvalue weighted by Crippen LogP contribution is -2.07. The third-order valence-corrected chi connectivity index (χ3v) is 5.02. The zero-order chi connectivity index (χ0) is 16.7. The lowest BCUT2D eigenvalue weighted by molar-refractivity contribution is 0.0429. The van der Waals surface area contributed by atoms with Crippen molar-refractivity contribution in [3.05, 3.63) is 46.4 Å². The summed E-state index contributed by atoms with van der Waals surface area (Å²) in [7, 11) is 0. The Morgan fingerprint density at radius 2 is 2.29 bits per heavy atom. The maximum Gasteiger partial charge on any atom is 0.340 e. The van der Waals surface area contributed by atoms with Crippen LogP contribution in [0.4, 0.5) is 0 Å². The molecule has 4 rings (SSSR count). The molecule has 3 heterocycles. The molecule has 1 aliphatic rings. The summed E-state index contributed by atoms with van der Waals surface area (Å²) in [6.45, 7) is 3.96.